The van der Waals surface area contributed by atoms with Gasteiger partial charge < -0.3 is 8.98 Å². The van der Waals surface area contributed by atoms with Crippen molar-refractivity contribution < 1.29 is 4.42 Å². The summed E-state index contributed by atoms with van der Waals surface area (Å²) in [5, 5.41) is 4.28. The third-order valence-electron chi connectivity index (χ3n) is 4.54. The van der Waals surface area contributed by atoms with Crippen LogP contribution in [0.15, 0.2) is 41.2 Å². The third-order valence-corrected chi connectivity index (χ3v) is 4.54. The van der Waals surface area contributed by atoms with Gasteiger partial charge in [-0.25, -0.2) is 4.98 Å². The maximum absolute atomic E-state index is 5.72. The van der Waals surface area contributed by atoms with Crippen LogP contribution in [0.25, 0.3) is 0 Å². The van der Waals surface area contributed by atoms with E-state index < -0.39 is 0 Å². The largest absolute Gasteiger partial charge is 0.465 e. The standard InChI is InChI=1S/C17H21N5O/c1-13-4-5-16(23-13)12-20-8-9-22-15(10-18-17(22)14(20)2)11-21-7-3-6-19-21/h3-7,10,14H,8-9,11-12H2,1-2H3/t14-/m1/s1. The molecule has 1 aliphatic heterocycles. The molecule has 0 fully saturated rings. The molecule has 0 amide bonds. The maximum atomic E-state index is 5.72. The first-order valence-corrected chi connectivity index (χ1v) is 8.02. The molecule has 1 atom stereocenters. The van der Waals surface area contributed by atoms with E-state index in [4.69, 9.17) is 4.42 Å². The first kappa shape index (κ1) is 14.3. The first-order chi connectivity index (χ1) is 11.2. The summed E-state index contributed by atoms with van der Waals surface area (Å²) in [6, 6.07) is 6.31. The Morgan fingerprint density at radius 2 is 2.17 bits per heavy atom. The Kier molecular flexibility index (Phi) is 3.53. The highest BCUT2D eigenvalue weighted by Gasteiger charge is 2.27. The average molecular weight is 311 g/mol. The van der Waals surface area contributed by atoms with Crippen LogP contribution in [0.3, 0.4) is 0 Å². The van der Waals surface area contributed by atoms with E-state index in [0.29, 0.717) is 0 Å². The van der Waals surface area contributed by atoms with E-state index in [9.17, 15) is 0 Å². The van der Waals surface area contributed by atoms with Crippen molar-refractivity contribution in [3.8, 4) is 0 Å². The van der Waals surface area contributed by atoms with E-state index in [1.165, 1.54) is 5.69 Å². The predicted octanol–water partition coefficient (Wildman–Crippen LogP) is 2.61. The van der Waals surface area contributed by atoms with Gasteiger partial charge in [0.2, 0.25) is 0 Å². The Labute approximate surface area is 135 Å². The molecule has 0 N–H and O–H groups in total. The summed E-state index contributed by atoms with van der Waals surface area (Å²) < 4.78 is 9.98. The van der Waals surface area contributed by atoms with Gasteiger partial charge in [-0.2, -0.15) is 5.10 Å². The normalized spacial score (nSPS) is 18.3. The predicted molar refractivity (Wildman–Crippen MR) is 85.8 cm³/mol. The molecule has 0 aliphatic carbocycles. The fraction of sp³-hybridized carbons (Fsp3) is 0.412. The lowest BCUT2D eigenvalue weighted by Gasteiger charge is -2.33. The van der Waals surface area contributed by atoms with Crippen LogP contribution in [0.1, 0.15) is 36.0 Å². The molecule has 4 heterocycles. The second-order valence-electron chi connectivity index (χ2n) is 6.12. The number of furan rings is 1. The minimum atomic E-state index is 0.278. The average Bonchev–Trinajstić information content (AvgIpc) is 3.25. The van der Waals surface area contributed by atoms with E-state index in [2.05, 4.69) is 32.5 Å². The van der Waals surface area contributed by atoms with Crippen molar-refractivity contribution in [3.05, 3.63) is 59.8 Å². The van der Waals surface area contributed by atoms with Gasteiger partial charge in [0.25, 0.3) is 0 Å². The summed E-state index contributed by atoms with van der Waals surface area (Å²) in [5.74, 6) is 3.11. The molecular formula is C17H21N5O. The Morgan fingerprint density at radius 1 is 1.26 bits per heavy atom. The van der Waals surface area contributed by atoms with Gasteiger partial charge in [-0.3, -0.25) is 9.58 Å². The third kappa shape index (κ3) is 2.70. The summed E-state index contributed by atoms with van der Waals surface area (Å²) in [7, 11) is 0. The zero-order chi connectivity index (χ0) is 15.8. The lowest BCUT2D eigenvalue weighted by atomic mass is 10.2. The molecule has 0 unspecified atom stereocenters. The molecule has 0 bridgehead atoms. The molecule has 23 heavy (non-hydrogen) atoms. The van der Waals surface area contributed by atoms with E-state index in [1.807, 2.05) is 42.3 Å². The number of aromatic nitrogens is 4. The fourth-order valence-electron chi connectivity index (χ4n) is 3.28. The van der Waals surface area contributed by atoms with Crippen molar-refractivity contribution in [2.24, 2.45) is 0 Å². The summed E-state index contributed by atoms with van der Waals surface area (Å²) in [5.41, 5.74) is 1.21. The molecule has 4 rings (SSSR count). The van der Waals surface area contributed by atoms with Crippen LogP contribution in [0.5, 0.6) is 0 Å². The number of imidazole rings is 1. The van der Waals surface area contributed by atoms with Crippen molar-refractivity contribution in [3.63, 3.8) is 0 Å². The van der Waals surface area contributed by atoms with Gasteiger partial charge in [-0.15, -0.1) is 0 Å². The number of nitrogens with zero attached hydrogens (tertiary/aromatic N) is 5. The number of fused-ring (bicyclic) bond motifs is 1. The number of hydrogen-bond donors (Lipinski definition) is 0. The summed E-state index contributed by atoms with van der Waals surface area (Å²) >= 11 is 0. The second kappa shape index (κ2) is 5.70. The van der Waals surface area contributed by atoms with Crippen LogP contribution in [0.4, 0.5) is 0 Å². The van der Waals surface area contributed by atoms with E-state index >= 15 is 0 Å². The van der Waals surface area contributed by atoms with Gasteiger partial charge >= 0.3 is 0 Å². The Morgan fingerprint density at radius 3 is 2.91 bits per heavy atom. The van der Waals surface area contributed by atoms with Gasteiger partial charge in [-0.1, -0.05) is 0 Å². The molecule has 6 nitrogen and oxygen atoms in total. The SMILES string of the molecule is Cc1ccc(CN2CCn3c(Cn4cccn4)cnc3[C@H]2C)o1. The first-order valence-electron chi connectivity index (χ1n) is 8.02. The van der Waals surface area contributed by atoms with Crippen molar-refractivity contribution in [1.82, 2.24) is 24.2 Å². The zero-order valence-electron chi connectivity index (χ0n) is 13.5. The van der Waals surface area contributed by atoms with Crippen LogP contribution in [-0.4, -0.2) is 30.8 Å². The van der Waals surface area contributed by atoms with Crippen LogP contribution < -0.4 is 0 Å². The second-order valence-corrected chi connectivity index (χ2v) is 6.12. The topological polar surface area (TPSA) is 52.0 Å². The zero-order valence-corrected chi connectivity index (χ0v) is 13.5. The Hall–Kier alpha value is -2.34. The lowest BCUT2D eigenvalue weighted by molar-refractivity contribution is 0.143. The van der Waals surface area contributed by atoms with Gasteiger partial charge in [0, 0.05) is 25.5 Å². The molecule has 0 radical (unpaired) electrons. The molecule has 6 heteroatoms. The fourth-order valence-corrected chi connectivity index (χ4v) is 3.28. The minimum absolute atomic E-state index is 0.278. The number of rotatable bonds is 4. The van der Waals surface area contributed by atoms with E-state index in [1.54, 1.807) is 0 Å². The highest BCUT2D eigenvalue weighted by molar-refractivity contribution is 5.13. The van der Waals surface area contributed by atoms with E-state index in [0.717, 1.165) is 43.5 Å². The molecule has 3 aromatic heterocycles. The molecule has 1 aliphatic rings. The van der Waals surface area contributed by atoms with Gasteiger partial charge in [0.1, 0.15) is 17.3 Å². The van der Waals surface area contributed by atoms with Crippen molar-refractivity contribution >= 4 is 0 Å². The highest BCUT2D eigenvalue weighted by atomic mass is 16.3. The molecule has 3 aromatic rings. The van der Waals surface area contributed by atoms with Crippen LogP contribution in [-0.2, 0) is 19.6 Å². The molecule has 0 saturated heterocycles. The molecule has 0 saturated carbocycles. The van der Waals surface area contributed by atoms with E-state index in [-0.39, 0.29) is 6.04 Å². The maximum Gasteiger partial charge on any atom is 0.126 e. The summed E-state index contributed by atoms with van der Waals surface area (Å²) in [6.07, 6.45) is 5.77. The van der Waals surface area contributed by atoms with Crippen molar-refractivity contribution in [2.75, 3.05) is 6.54 Å². The van der Waals surface area contributed by atoms with Crippen molar-refractivity contribution in [1.29, 1.82) is 0 Å². The van der Waals surface area contributed by atoms with Crippen LogP contribution in [0, 0.1) is 6.92 Å². The molecule has 120 valence electrons. The Bertz CT molecular complexity index is 786. The van der Waals surface area contributed by atoms with Crippen molar-refractivity contribution in [2.45, 2.75) is 39.5 Å². The van der Waals surface area contributed by atoms with Gasteiger partial charge in [-0.05, 0) is 32.0 Å². The molecule has 0 spiro atoms. The summed E-state index contributed by atoms with van der Waals surface area (Å²) in [4.78, 5) is 7.08. The van der Waals surface area contributed by atoms with Crippen LogP contribution in [0.2, 0.25) is 0 Å². The number of aryl methyl sites for hydroxylation is 1. The van der Waals surface area contributed by atoms with Crippen LogP contribution >= 0.6 is 0 Å². The Balaban J connectivity index is 1.53. The van der Waals surface area contributed by atoms with Gasteiger partial charge in [0.05, 0.1) is 31.0 Å². The summed E-state index contributed by atoms with van der Waals surface area (Å²) in [6.45, 7) is 7.75. The minimum Gasteiger partial charge on any atom is -0.465 e. The lowest BCUT2D eigenvalue weighted by Crippen LogP contribution is -2.37. The monoisotopic (exact) mass is 311 g/mol. The molecule has 0 aromatic carbocycles. The highest BCUT2D eigenvalue weighted by Crippen LogP contribution is 2.27. The quantitative estimate of drug-likeness (QED) is 0.743. The smallest absolute Gasteiger partial charge is 0.126 e. The molecular weight excluding hydrogens is 290 g/mol. The van der Waals surface area contributed by atoms with Gasteiger partial charge in [0.15, 0.2) is 0 Å². The number of hydrogen-bond acceptors (Lipinski definition) is 4.